The number of carbonyl (C=O) groups excluding carboxylic acids is 1. The predicted molar refractivity (Wildman–Crippen MR) is 48.3 cm³/mol. The summed E-state index contributed by atoms with van der Waals surface area (Å²) in [6.45, 7) is 2.48. The van der Waals surface area contributed by atoms with Crippen molar-refractivity contribution in [2.45, 2.75) is 13.3 Å². The summed E-state index contributed by atoms with van der Waals surface area (Å²) in [4.78, 5) is 20.9. The molecule has 0 fully saturated rings. The van der Waals surface area contributed by atoms with E-state index >= 15 is 0 Å². The number of amides is 1. The number of thioether (sulfide) groups is 1. The maximum absolute atomic E-state index is 10.8. The second-order valence-electron chi connectivity index (χ2n) is 2.15. The lowest BCUT2D eigenvalue weighted by atomic mass is 10.4. The average Bonchev–Trinajstić information content (AvgIpc) is 1.98. The first-order valence-corrected chi connectivity index (χ1v) is 4.88. The molecule has 0 heterocycles. The van der Waals surface area contributed by atoms with Crippen LogP contribution in [0.25, 0.3) is 0 Å². The second kappa shape index (κ2) is 6.97. The molecule has 0 aromatic carbocycles. The smallest absolute Gasteiger partial charge is 0.313 e. The normalized spacial score (nSPS) is 9.42. The van der Waals surface area contributed by atoms with E-state index in [1.165, 1.54) is 11.8 Å². The molecule has 0 aliphatic heterocycles. The Labute approximate surface area is 75.7 Å². The van der Waals surface area contributed by atoms with Crippen LogP contribution < -0.4 is 5.32 Å². The molecule has 12 heavy (non-hydrogen) atoms. The van der Waals surface area contributed by atoms with Gasteiger partial charge >= 0.3 is 5.97 Å². The van der Waals surface area contributed by atoms with Crippen LogP contribution in [0.5, 0.6) is 0 Å². The van der Waals surface area contributed by atoms with E-state index in [0.717, 1.165) is 0 Å². The molecule has 0 radical (unpaired) electrons. The van der Waals surface area contributed by atoms with Crippen molar-refractivity contribution in [1.82, 2.24) is 5.32 Å². The molecule has 0 aliphatic rings. The Kier molecular flexibility index (Phi) is 6.55. The summed E-state index contributed by atoms with van der Waals surface area (Å²) in [5, 5.41) is 10.9. The number of rotatable bonds is 6. The van der Waals surface area contributed by atoms with Gasteiger partial charge in [-0.3, -0.25) is 9.59 Å². The van der Waals surface area contributed by atoms with Gasteiger partial charge in [-0.05, 0) is 6.92 Å². The summed E-state index contributed by atoms with van der Waals surface area (Å²) in [5.74, 6) is -0.219. The minimum absolute atomic E-state index is 0.0182. The van der Waals surface area contributed by atoms with Gasteiger partial charge in [0.15, 0.2) is 0 Å². The molecule has 1 amide bonds. The highest BCUT2D eigenvalue weighted by Gasteiger charge is 2.00. The molecule has 70 valence electrons. The Balaban J connectivity index is 3.19. The van der Waals surface area contributed by atoms with E-state index in [0.29, 0.717) is 18.7 Å². The molecule has 5 heteroatoms. The minimum atomic E-state index is -0.837. The zero-order valence-corrected chi connectivity index (χ0v) is 7.82. The van der Waals surface area contributed by atoms with Crippen LogP contribution in [0.3, 0.4) is 0 Å². The van der Waals surface area contributed by atoms with Gasteiger partial charge in [0.2, 0.25) is 5.91 Å². The van der Waals surface area contributed by atoms with Crippen LogP contribution in [0.1, 0.15) is 13.3 Å². The van der Waals surface area contributed by atoms with Crippen molar-refractivity contribution >= 4 is 23.6 Å². The van der Waals surface area contributed by atoms with Crippen molar-refractivity contribution in [3.63, 3.8) is 0 Å². The third-order valence-corrected chi connectivity index (χ3v) is 2.02. The van der Waals surface area contributed by atoms with Gasteiger partial charge < -0.3 is 10.4 Å². The zero-order valence-electron chi connectivity index (χ0n) is 7.00. The van der Waals surface area contributed by atoms with Crippen LogP contribution in [0.2, 0.25) is 0 Å². The predicted octanol–water partition coefficient (Wildman–Crippen LogP) is 0.330. The fraction of sp³-hybridized carbons (Fsp3) is 0.714. The number of aliphatic carboxylic acids is 1. The van der Waals surface area contributed by atoms with Crippen LogP contribution in [0.4, 0.5) is 0 Å². The molecule has 0 saturated carbocycles. The van der Waals surface area contributed by atoms with Crippen LogP contribution in [-0.2, 0) is 9.59 Å². The Hall–Kier alpha value is -0.710. The van der Waals surface area contributed by atoms with Crippen molar-refractivity contribution < 1.29 is 14.7 Å². The number of carbonyl (C=O) groups is 2. The molecule has 0 bridgehead atoms. The van der Waals surface area contributed by atoms with Gasteiger partial charge in [-0.2, -0.15) is 0 Å². The first-order chi connectivity index (χ1) is 5.66. The van der Waals surface area contributed by atoms with Gasteiger partial charge in [-0.1, -0.05) is 0 Å². The Morgan fingerprint density at radius 2 is 2.17 bits per heavy atom. The topological polar surface area (TPSA) is 66.4 Å². The number of hydrogen-bond acceptors (Lipinski definition) is 3. The van der Waals surface area contributed by atoms with Gasteiger partial charge in [0, 0.05) is 18.7 Å². The van der Waals surface area contributed by atoms with Crippen molar-refractivity contribution in [2.75, 3.05) is 18.1 Å². The van der Waals surface area contributed by atoms with Crippen LogP contribution >= 0.6 is 11.8 Å². The fourth-order valence-electron chi connectivity index (χ4n) is 0.610. The highest BCUT2D eigenvalue weighted by molar-refractivity contribution is 7.99. The van der Waals surface area contributed by atoms with Gasteiger partial charge in [-0.25, -0.2) is 0 Å². The molecule has 0 spiro atoms. The lowest BCUT2D eigenvalue weighted by molar-refractivity contribution is -0.134. The standard InChI is InChI=1S/C7H13NO3S/c1-2-8-6(9)3-4-12-5-7(10)11/h2-5H2,1H3,(H,8,9)(H,10,11). The first-order valence-electron chi connectivity index (χ1n) is 3.73. The lowest BCUT2D eigenvalue weighted by Gasteiger charge is -1.99. The van der Waals surface area contributed by atoms with E-state index in [2.05, 4.69) is 5.32 Å². The number of carboxylic acids is 1. The van der Waals surface area contributed by atoms with Crippen LogP contribution in [-0.4, -0.2) is 35.0 Å². The van der Waals surface area contributed by atoms with E-state index in [4.69, 9.17) is 5.11 Å². The molecular formula is C7H13NO3S. The molecule has 0 unspecified atom stereocenters. The second-order valence-corrected chi connectivity index (χ2v) is 3.26. The first kappa shape index (κ1) is 11.3. The molecule has 0 saturated heterocycles. The van der Waals surface area contributed by atoms with E-state index in [9.17, 15) is 9.59 Å². The van der Waals surface area contributed by atoms with Gasteiger partial charge in [0.25, 0.3) is 0 Å². The Morgan fingerprint density at radius 1 is 1.50 bits per heavy atom. The summed E-state index contributed by atoms with van der Waals surface area (Å²) in [6, 6.07) is 0. The van der Waals surface area contributed by atoms with Gasteiger partial charge in [-0.15, -0.1) is 11.8 Å². The van der Waals surface area contributed by atoms with Crippen molar-refractivity contribution in [1.29, 1.82) is 0 Å². The molecule has 0 rings (SSSR count). The van der Waals surface area contributed by atoms with E-state index in [1.54, 1.807) is 0 Å². The van der Waals surface area contributed by atoms with Crippen LogP contribution in [0.15, 0.2) is 0 Å². The zero-order chi connectivity index (χ0) is 9.40. The molecule has 0 atom stereocenters. The molecular weight excluding hydrogens is 178 g/mol. The largest absolute Gasteiger partial charge is 0.481 e. The quantitative estimate of drug-likeness (QED) is 0.594. The Morgan fingerprint density at radius 3 is 2.67 bits per heavy atom. The highest BCUT2D eigenvalue weighted by Crippen LogP contribution is 2.01. The SMILES string of the molecule is CCNC(=O)CCSCC(=O)O. The van der Waals surface area contributed by atoms with E-state index in [1.807, 2.05) is 6.92 Å². The van der Waals surface area contributed by atoms with Gasteiger partial charge in [0.05, 0.1) is 5.75 Å². The third kappa shape index (κ3) is 7.40. The lowest BCUT2D eigenvalue weighted by Crippen LogP contribution is -2.22. The van der Waals surface area contributed by atoms with Gasteiger partial charge in [0.1, 0.15) is 0 Å². The number of carboxylic acid groups (broad SMARTS) is 1. The summed E-state index contributed by atoms with van der Waals surface area (Å²) in [6.07, 6.45) is 0.395. The van der Waals surface area contributed by atoms with Crippen molar-refractivity contribution in [3.8, 4) is 0 Å². The average molecular weight is 191 g/mol. The summed E-state index contributed by atoms with van der Waals surface area (Å²) in [5.41, 5.74) is 0. The maximum atomic E-state index is 10.8. The summed E-state index contributed by atoms with van der Waals surface area (Å²) < 4.78 is 0. The molecule has 0 aromatic heterocycles. The maximum Gasteiger partial charge on any atom is 0.313 e. The Bertz CT molecular complexity index is 161. The van der Waals surface area contributed by atoms with Crippen molar-refractivity contribution in [2.24, 2.45) is 0 Å². The highest BCUT2D eigenvalue weighted by atomic mass is 32.2. The summed E-state index contributed by atoms with van der Waals surface area (Å²) in [7, 11) is 0. The summed E-state index contributed by atoms with van der Waals surface area (Å²) >= 11 is 1.26. The monoisotopic (exact) mass is 191 g/mol. The minimum Gasteiger partial charge on any atom is -0.481 e. The van der Waals surface area contributed by atoms with E-state index < -0.39 is 5.97 Å². The van der Waals surface area contributed by atoms with Crippen LogP contribution in [0, 0.1) is 0 Å². The molecule has 0 aliphatic carbocycles. The third-order valence-electron chi connectivity index (χ3n) is 1.07. The van der Waals surface area contributed by atoms with Crippen molar-refractivity contribution in [3.05, 3.63) is 0 Å². The molecule has 4 nitrogen and oxygen atoms in total. The molecule has 2 N–H and O–H groups in total. The fourth-order valence-corrected chi connectivity index (χ4v) is 1.26. The number of hydrogen-bond donors (Lipinski definition) is 2. The number of nitrogens with one attached hydrogen (secondary N) is 1. The molecule has 0 aromatic rings. The van der Waals surface area contributed by atoms with E-state index in [-0.39, 0.29) is 11.7 Å².